The van der Waals surface area contributed by atoms with Crippen LogP contribution in [0, 0.1) is 5.92 Å². The normalized spacial score (nSPS) is 19.3. The topological polar surface area (TPSA) is 73.0 Å². The molecule has 30 heavy (non-hydrogen) atoms. The maximum Gasteiger partial charge on any atom is 0.243 e. The van der Waals surface area contributed by atoms with Gasteiger partial charge in [0.1, 0.15) is 0 Å². The third-order valence-corrected chi connectivity index (χ3v) is 7.88. The number of hydrogen-bond donors (Lipinski definition) is 1. The van der Waals surface area contributed by atoms with Gasteiger partial charge in [0.05, 0.1) is 16.3 Å². The van der Waals surface area contributed by atoms with Crippen molar-refractivity contribution in [2.24, 2.45) is 5.92 Å². The molecule has 3 rings (SSSR count). The number of benzene rings is 1. The van der Waals surface area contributed by atoms with Crippen molar-refractivity contribution in [2.75, 3.05) is 56.5 Å². The molecule has 7 nitrogen and oxygen atoms in total. The molecule has 1 amide bonds. The average molecular weight is 437 g/mol. The number of carbonyl (C=O) groups is 1. The Balaban J connectivity index is 1.88. The predicted molar refractivity (Wildman–Crippen MR) is 121 cm³/mol. The Hall–Kier alpha value is -1.64. The highest BCUT2D eigenvalue weighted by molar-refractivity contribution is 7.89. The summed E-state index contributed by atoms with van der Waals surface area (Å²) in [5.74, 6) is 0.380. The van der Waals surface area contributed by atoms with E-state index >= 15 is 0 Å². The van der Waals surface area contributed by atoms with Crippen LogP contribution in [0.15, 0.2) is 23.1 Å². The number of rotatable bonds is 7. The van der Waals surface area contributed by atoms with Crippen molar-refractivity contribution < 1.29 is 13.2 Å². The first kappa shape index (κ1) is 23.0. The number of nitrogens with one attached hydrogen (secondary N) is 1. The smallest absolute Gasteiger partial charge is 0.243 e. The Bertz CT molecular complexity index is 827. The molecule has 2 aliphatic heterocycles. The molecule has 2 saturated heterocycles. The van der Waals surface area contributed by atoms with Crippen molar-refractivity contribution in [1.82, 2.24) is 9.21 Å². The van der Waals surface area contributed by atoms with Gasteiger partial charge in [-0.2, -0.15) is 4.31 Å². The van der Waals surface area contributed by atoms with E-state index in [0.717, 1.165) is 57.5 Å². The van der Waals surface area contributed by atoms with E-state index < -0.39 is 10.0 Å². The maximum absolute atomic E-state index is 13.2. The number of piperazine rings is 1. The van der Waals surface area contributed by atoms with Gasteiger partial charge in [-0.15, -0.1) is 0 Å². The first-order valence-corrected chi connectivity index (χ1v) is 12.6. The Morgan fingerprint density at radius 1 is 1.03 bits per heavy atom. The van der Waals surface area contributed by atoms with Crippen LogP contribution < -0.4 is 10.2 Å². The third-order valence-electron chi connectivity index (χ3n) is 5.99. The van der Waals surface area contributed by atoms with Crippen LogP contribution in [0.3, 0.4) is 0 Å². The minimum absolute atomic E-state index is 0.0633. The zero-order chi connectivity index (χ0) is 21.7. The zero-order valence-corrected chi connectivity index (χ0v) is 19.4. The van der Waals surface area contributed by atoms with E-state index in [0.29, 0.717) is 31.1 Å². The fourth-order valence-corrected chi connectivity index (χ4v) is 5.53. The van der Waals surface area contributed by atoms with E-state index in [2.05, 4.69) is 36.0 Å². The minimum Gasteiger partial charge on any atom is -0.367 e. The van der Waals surface area contributed by atoms with Gasteiger partial charge in [0.2, 0.25) is 15.9 Å². The van der Waals surface area contributed by atoms with Crippen molar-refractivity contribution in [3.05, 3.63) is 18.2 Å². The van der Waals surface area contributed by atoms with E-state index in [4.69, 9.17) is 0 Å². The Morgan fingerprint density at radius 2 is 1.70 bits per heavy atom. The molecule has 0 aromatic heterocycles. The lowest BCUT2D eigenvalue weighted by atomic mass is 10.1. The van der Waals surface area contributed by atoms with E-state index in [1.807, 2.05) is 6.07 Å². The molecule has 0 unspecified atom stereocenters. The number of amides is 1. The summed E-state index contributed by atoms with van der Waals surface area (Å²) in [6.45, 7) is 8.90. The molecule has 0 radical (unpaired) electrons. The van der Waals surface area contributed by atoms with Gasteiger partial charge < -0.3 is 15.1 Å². The minimum atomic E-state index is -3.55. The molecule has 1 N–H and O–H groups in total. The van der Waals surface area contributed by atoms with E-state index in [1.54, 1.807) is 16.4 Å². The number of nitrogens with zero attached hydrogens (tertiary/aromatic N) is 3. The van der Waals surface area contributed by atoms with Crippen molar-refractivity contribution >= 4 is 27.3 Å². The summed E-state index contributed by atoms with van der Waals surface area (Å²) in [5, 5.41) is 3.01. The van der Waals surface area contributed by atoms with Crippen LogP contribution in [0.1, 0.15) is 46.0 Å². The number of hydrogen-bond acceptors (Lipinski definition) is 5. The Labute approximate surface area is 181 Å². The van der Waals surface area contributed by atoms with Crippen LogP contribution in [-0.4, -0.2) is 69.8 Å². The number of piperidine rings is 1. The van der Waals surface area contributed by atoms with Crippen molar-refractivity contribution in [3.8, 4) is 0 Å². The molecule has 8 heteroatoms. The van der Waals surface area contributed by atoms with E-state index in [-0.39, 0.29) is 10.8 Å². The second kappa shape index (κ2) is 10.1. The first-order valence-electron chi connectivity index (χ1n) is 11.1. The lowest BCUT2D eigenvalue weighted by Gasteiger charge is -2.35. The van der Waals surface area contributed by atoms with Gasteiger partial charge in [-0.1, -0.05) is 20.3 Å². The molecule has 0 saturated carbocycles. The summed E-state index contributed by atoms with van der Waals surface area (Å²) in [7, 11) is -1.45. The van der Waals surface area contributed by atoms with Gasteiger partial charge in [0.25, 0.3) is 0 Å². The maximum atomic E-state index is 13.2. The second-order valence-electron chi connectivity index (χ2n) is 8.91. The highest BCUT2D eigenvalue weighted by Crippen LogP contribution is 2.32. The average Bonchev–Trinajstić information content (AvgIpc) is 2.73. The van der Waals surface area contributed by atoms with Crippen LogP contribution in [0.2, 0.25) is 0 Å². The highest BCUT2D eigenvalue weighted by atomic mass is 32.2. The summed E-state index contributed by atoms with van der Waals surface area (Å²) in [6, 6.07) is 5.21. The molecule has 2 fully saturated rings. The number of anilines is 2. The monoisotopic (exact) mass is 436 g/mol. The van der Waals surface area contributed by atoms with Crippen molar-refractivity contribution in [1.29, 1.82) is 0 Å². The Morgan fingerprint density at radius 3 is 2.33 bits per heavy atom. The van der Waals surface area contributed by atoms with E-state index in [9.17, 15) is 13.2 Å². The van der Waals surface area contributed by atoms with Gasteiger partial charge in [0.15, 0.2) is 0 Å². The molecule has 168 valence electrons. The molecule has 1 aromatic carbocycles. The summed E-state index contributed by atoms with van der Waals surface area (Å²) in [4.78, 5) is 17.3. The van der Waals surface area contributed by atoms with Crippen LogP contribution in [0.4, 0.5) is 11.4 Å². The Kier molecular flexibility index (Phi) is 7.76. The lowest BCUT2D eigenvalue weighted by molar-refractivity contribution is -0.116. The first-order chi connectivity index (χ1) is 14.3. The largest absolute Gasteiger partial charge is 0.367 e. The third kappa shape index (κ3) is 5.74. The lowest BCUT2D eigenvalue weighted by Crippen LogP contribution is -2.44. The molecular formula is C22H36N4O3S. The number of likely N-dealkylation sites (N-methyl/N-ethyl adjacent to an activating group) is 1. The van der Waals surface area contributed by atoms with Gasteiger partial charge in [-0.25, -0.2) is 8.42 Å². The second-order valence-corrected chi connectivity index (χ2v) is 10.9. The molecule has 0 bridgehead atoms. The number of sulfonamides is 1. The SMILES string of the molecule is CC(C)CCC(=O)Nc1cc(S(=O)(=O)N2CCCCC2)ccc1N1CCN(C)CC1. The highest BCUT2D eigenvalue weighted by Gasteiger charge is 2.28. The van der Waals surface area contributed by atoms with Crippen LogP contribution in [-0.2, 0) is 14.8 Å². The number of carbonyl (C=O) groups excluding carboxylic acids is 1. The molecule has 0 spiro atoms. The molecule has 2 aliphatic rings. The standard InChI is InChI=1S/C22H36N4O3S/c1-18(2)7-10-22(27)23-20-17-19(30(28,29)26-11-5-4-6-12-26)8-9-21(20)25-15-13-24(3)14-16-25/h8-9,17-18H,4-7,10-16H2,1-3H3,(H,23,27). The van der Waals surface area contributed by atoms with Gasteiger partial charge in [-0.3, -0.25) is 4.79 Å². The van der Waals surface area contributed by atoms with Crippen LogP contribution in [0.25, 0.3) is 0 Å². The van der Waals surface area contributed by atoms with Crippen molar-refractivity contribution in [3.63, 3.8) is 0 Å². The van der Waals surface area contributed by atoms with Gasteiger partial charge >= 0.3 is 0 Å². The van der Waals surface area contributed by atoms with Crippen LogP contribution in [0.5, 0.6) is 0 Å². The van der Waals surface area contributed by atoms with E-state index in [1.165, 1.54) is 0 Å². The summed E-state index contributed by atoms with van der Waals surface area (Å²) >= 11 is 0. The summed E-state index contributed by atoms with van der Waals surface area (Å²) < 4.78 is 27.9. The van der Waals surface area contributed by atoms with Gasteiger partial charge in [0, 0.05) is 45.7 Å². The fraction of sp³-hybridized carbons (Fsp3) is 0.682. The van der Waals surface area contributed by atoms with Gasteiger partial charge in [-0.05, 0) is 50.4 Å². The summed E-state index contributed by atoms with van der Waals surface area (Å²) in [5.41, 5.74) is 1.50. The summed E-state index contributed by atoms with van der Waals surface area (Å²) in [6.07, 6.45) is 4.12. The molecule has 0 atom stereocenters. The molecule has 2 heterocycles. The quantitative estimate of drug-likeness (QED) is 0.711. The fourth-order valence-electron chi connectivity index (χ4n) is 3.99. The molecule has 0 aliphatic carbocycles. The zero-order valence-electron chi connectivity index (χ0n) is 18.6. The predicted octanol–water partition coefficient (Wildman–Crippen LogP) is 2.99. The molecule has 1 aromatic rings. The van der Waals surface area contributed by atoms with Crippen molar-refractivity contribution in [2.45, 2.75) is 50.8 Å². The molecular weight excluding hydrogens is 400 g/mol. The van der Waals surface area contributed by atoms with Crippen LogP contribution >= 0.6 is 0 Å².